The summed E-state index contributed by atoms with van der Waals surface area (Å²) in [6, 6.07) is 17.0. The van der Waals surface area contributed by atoms with Crippen molar-refractivity contribution in [3.63, 3.8) is 0 Å². The number of nitrogens with zero attached hydrogens (tertiary/aromatic N) is 2. The Bertz CT molecular complexity index is 915. The van der Waals surface area contributed by atoms with Crippen molar-refractivity contribution >= 4 is 11.6 Å². The average molecular weight is 325 g/mol. The lowest BCUT2D eigenvalue weighted by Crippen LogP contribution is -2.23. The van der Waals surface area contributed by atoms with Crippen LogP contribution in [-0.4, -0.2) is 9.78 Å². The molecule has 23 heavy (non-hydrogen) atoms. The third kappa shape index (κ3) is 3.35. The zero-order valence-electron chi connectivity index (χ0n) is 13.1. The standard InChI is InChI=1S/C19H17ClN2O/c1-13-7-8-15(11-14(13)2)18-9-10-19(23)22(21-18)12-16-5-3-4-6-17(16)20/h3-11H,12H2,1-2H3. The largest absolute Gasteiger partial charge is 0.268 e. The van der Waals surface area contributed by atoms with Gasteiger partial charge in [0.1, 0.15) is 0 Å². The maximum atomic E-state index is 12.1. The van der Waals surface area contributed by atoms with E-state index in [0.29, 0.717) is 11.6 Å². The summed E-state index contributed by atoms with van der Waals surface area (Å²) in [6.07, 6.45) is 0. The fourth-order valence-corrected chi connectivity index (χ4v) is 2.60. The second-order valence-electron chi connectivity index (χ2n) is 5.60. The van der Waals surface area contributed by atoms with Crippen LogP contribution in [0.1, 0.15) is 16.7 Å². The van der Waals surface area contributed by atoms with Crippen molar-refractivity contribution in [1.82, 2.24) is 9.78 Å². The fourth-order valence-electron chi connectivity index (χ4n) is 2.40. The van der Waals surface area contributed by atoms with E-state index in [2.05, 4.69) is 31.1 Å². The van der Waals surface area contributed by atoms with E-state index in [4.69, 9.17) is 11.6 Å². The molecule has 0 amide bonds. The molecule has 0 aliphatic heterocycles. The molecule has 0 unspecified atom stereocenters. The molecule has 0 aliphatic carbocycles. The Balaban J connectivity index is 2.01. The van der Waals surface area contributed by atoms with Crippen molar-refractivity contribution < 1.29 is 0 Å². The molecule has 0 N–H and O–H groups in total. The minimum atomic E-state index is -0.141. The predicted molar refractivity (Wildman–Crippen MR) is 94.0 cm³/mol. The second kappa shape index (κ2) is 6.39. The first-order chi connectivity index (χ1) is 11.0. The summed E-state index contributed by atoms with van der Waals surface area (Å²) in [5.41, 5.74) is 4.95. The Morgan fingerprint density at radius 3 is 2.52 bits per heavy atom. The van der Waals surface area contributed by atoms with Gasteiger partial charge >= 0.3 is 0 Å². The van der Waals surface area contributed by atoms with Crippen LogP contribution in [0.3, 0.4) is 0 Å². The molecule has 3 nitrogen and oxygen atoms in total. The number of hydrogen-bond acceptors (Lipinski definition) is 2. The number of hydrogen-bond donors (Lipinski definition) is 0. The van der Waals surface area contributed by atoms with Gasteiger partial charge in [0.2, 0.25) is 0 Å². The summed E-state index contributed by atoms with van der Waals surface area (Å²) in [5.74, 6) is 0. The lowest BCUT2D eigenvalue weighted by molar-refractivity contribution is 0.643. The van der Waals surface area contributed by atoms with Crippen LogP contribution in [0, 0.1) is 13.8 Å². The molecule has 3 rings (SSSR count). The van der Waals surface area contributed by atoms with E-state index in [0.717, 1.165) is 16.8 Å². The summed E-state index contributed by atoms with van der Waals surface area (Å²) in [4.78, 5) is 12.1. The molecule has 1 heterocycles. The summed E-state index contributed by atoms with van der Waals surface area (Å²) < 4.78 is 1.45. The number of halogens is 1. The maximum Gasteiger partial charge on any atom is 0.267 e. The van der Waals surface area contributed by atoms with E-state index in [1.807, 2.05) is 30.3 Å². The van der Waals surface area contributed by atoms with Gasteiger partial charge in [-0.3, -0.25) is 4.79 Å². The number of rotatable bonds is 3. The van der Waals surface area contributed by atoms with Gasteiger partial charge in [0, 0.05) is 16.7 Å². The number of aryl methyl sites for hydroxylation is 2. The van der Waals surface area contributed by atoms with E-state index in [1.165, 1.54) is 15.8 Å². The number of aromatic nitrogens is 2. The van der Waals surface area contributed by atoms with Gasteiger partial charge in [-0.05, 0) is 48.7 Å². The highest BCUT2D eigenvalue weighted by atomic mass is 35.5. The fraction of sp³-hybridized carbons (Fsp3) is 0.158. The molecule has 0 fully saturated rings. The predicted octanol–water partition coefficient (Wildman–Crippen LogP) is 4.23. The maximum absolute atomic E-state index is 12.1. The molecule has 116 valence electrons. The van der Waals surface area contributed by atoms with Crippen molar-refractivity contribution in [2.24, 2.45) is 0 Å². The van der Waals surface area contributed by atoms with Crippen LogP contribution in [-0.2, 0) is 6.54 Å². The van der Waals surface area contributed by atoms with Crippen molar-refractivity contribution in [3.05, 3.63) is 86.7 Å². The highest BCUT2D eigenvalue weighted by Crippen LogP contribution is 2.20. The van der Waals surface area contributed by atoms with E-state index in [9.17, 15) is 4.79 Å². The molecule has 3 aromatic rings. The van der Waals surface area contributed by atoms with Crippen LogP contribution in [0.4, 0.5) is 0 Å². The van der Waals surface area contributed by atoms with Crippen LogP contribution >= 0.6 is 11.6 Å². The van der Waals surface area contributed by atoms with Crippen LogP contribution in [0.25, 0.3) is 11.3 Å². The first kappa shape index (κ1) is 15.5. The van der Waals surface area contributed by atoms with Gasteiger partial charge in [-0.25, -0.2) is 4.68 Å². The quantitative estimate of drug-likeness (QED) is 0.722. The van der Waals surface area contributed by atoms with Crippen molar-refractivity contribution in [1.29, 1.82) is 0 Å². The third-order valence-electron chi connectivity index (χ3n) is 3.95. The van der Waals surface area contributed by atoms with E-state index in [-0.39, 0.29) is 5.56 Å². The molecule has 0 radical (unpaired) electrons. The SMILES string of the molecule is Cc1ccc(-c2ccc(=O)n(Cc3ccccc3Cl)n2)cc1C. The summed E-state index contributed by atoms with van der Waals surface area (Å²) in [6.45, 7) is 4.50. The van der Waals surface area contributed by atoms with Gasteiger partial charge < -0.3 is 0 Å². The molecule has 0 atom stereocenters. The highest BCUT2D eigenvalue weighted by molar-refractivity contribution is 6.31. The molecule has 0 aliphatic rings. The zero-order chi connectivity index (χ0) is 16.4. The Morgan fingerprint density at radius 2 is 1.78 bits per heavy atom. The van der Waals surface area contributed by atoms with Crippen LogP contribution in [0.2, 0.25) is 5.02 Å². The van der Waals surface area contributed by atoms with E-state index >= 15 is 0 Å². The van der Waals surface area contributed by atoms with Crippen molar-refractivity contribution in [2.75, 3.05) is 0 Å². The molecule has 2 aromatic carbocycles. The summed E-state index contributed by atoms with van der Waals surface area (Å²) >= 11 is 6.18. The Kier molecular flexibility index (Phi) is 4.30. The minimum absolute atomic E-state index is 0.141. The Labute approximate surface area is 140 Å². The highest BCUT2D eigenvalue weighted by Gasteiger charge is 2.07. The summed E-state index contributed by atoms with van der Waals surface area (Å²) in [5, 5.41) is 5.13. The Morgan fingerprint density at radius 1 is 1.00 bits per heavy atom. The molecule has 0 spiro atoms. The zero-order valence-corrected chi connectivity index (χ0v) is 13.8. The first-order valence-corrected chi connectivity index (χ1v) is 7.81. The molecule has 0 bridgehead atoms. The number of benzene rings is 2. The van der Waals surface area contributed by atoms with Crippen LogP contribution in [0.5, 0.6) is 0 Å². The van der Waals surface area contributed by atoms with Gasteiger partial charge in [-0.2, -0.15) is 5.10 Å². The monoisotopic (exact) mass is 324 g/mol. The lowest BCUT2D eigenvalue weighted by Gasteiger charge is -2.09. The molecule has 0 saturated heterocycles. The molecular weight excluding hydrogens is 308 g/mol. The lowest BCUT2D eigenvalue weighted by atomic mass is 10.0. The average Bonchev–Trinajstić information content (AvgIpc) is 2.54. The molecule has 0 saturated carbocycles. The van der Waals surface area contributed by atoms with Gasteiger partial charge in [-0.1, -0.05) is 41.9 Å². The first-order valence-electron chi connectivity index (χ1n) is 7.44. The Hall–Kier alpha value is -2.39. The second-order valence-corrected chi connectivity index (χ2v) is 6.01. The molecule has 4 heteroatoms. The minimum Gasteiger partial charge on any atom is -0.268 e. The molecule has 1 aromatic heterocycles. The normalized spacial score (nSPS) is 10.7. The van der Waals surface area contributed by atoms with E-state index < -0.39 is 0 Å². The summed E-state index contributed by atoms with van der Waals surface area (Å²) in [7, 11) is 0. The van der Waals surface area contributed by atoms with Gasteiger partial charge in [0.25, 0.3) is 5.56 Å². The van der Waals surface area contributed by atoms with Gasteiger partial charge in [-0.15, -0.1) is 0 Å². The third-order valence-corrected chi connectivity index (χ3v) is 4.32. The van der Waals surface area contributed by atoms with Crippen LogP contribution in [0.15, 0.2) is 59.4 Å². The van der Waals surface area contributed by atoms with E-state index in [1.54, 1.807) is 12.1 Å². The van der Waals surface area contributed by atoms with Crippen molar-refractivity contribution in [2.45, 2.75) is 20.4 Å². The smallest absolute Gasteiger partial charge is 0.267 e. The van der Waals surface area contributed by atoms with Crippen LogP contribution < -0.4 is 5.56 Å². The van der Waals surface area contributed by atoms with Crippen molar-refractivity contribution in [3.8, 4) is 11.3 Å². The topological polar surface area (TPSA) is 34.9 Å². The van der Waals surface area contributed by atoms with Gasteiger partial charge in [0.15, 0.2) is 0 Å². The molecular formula is C19H17ClN2O. The van der Waals surface area contributed by atoms with Gasteiger partial charge in [0.05, 0.1) is 12.2 Å².